The molecule has 0 unspecified atom stereocenters. The minimum atomic E-state index is -0.735. The van der Waals surface area contributed by atoms with Crippen LogP contribution in [0, 0.1) is 0 Å². The summed E-state index contributed by atoms with van der Waals surface area (Å²) in [7, 11) is 1.95. The molecule has 4 heteroatoms. The summed E-state index contributed by atoms with van der Waals surface area (Å²) in [6.45, 7) is 1.51. The average molecular weight is 244 g/mol. The van der Waals surface area contributed by atoms with Crippen LogP contribution >= 0.6 is 12.4 Å². The highest BCUT2D eigenvalue weighted by Gasteiger charge is 2.02. The van der Waals surface area contributed by atoms with E-state index < -0.39 is 5.97 Å². The number of aliphatic carboxylic acids is 1. The normalized spacial score (nSPS) is 9.88. The standard InChI is InChI=1S/C12H17NO2.ClH/c1-13(10-8-12(14)15)9-7-11-5-3-2-4-6-11;/h2-6H,7-10H2,1H3,(H,14,15);1H. The third kappa shape index (κ3) is 6.43. The number of nitrogens with zero attached hydrogens (tertiary/aromatic N) is 1. The molecule has 0 heterocycles. The van der Waals surface area contributed by atoms with Gasteiger partial charge in [0, 0.05) is 13.1 Å². The molecule has 0 bridgehead atoms. The van der Waals surface area contributed by atoms with Gasteiger partial charge in [-0.1, -0.05) is 30.3 Å². The molecule has 1 N–H and O–H groups in total. The number of carbonyl (C=O) groups is 1. The Balaban J connectivity index is 0.00000225. The molecule has 0 aliphatic carbocycles. The van der Waals surface area contributed by atoms with Gasteiger partial charge >= 0.3 is 5.97 Å². The van der Waals surface area contributed by atoms with Crippen molar-refractivity contribution in [3.8, 4) is 0 Å². The van der Waals surface area contributed by atoms with Crippen molar-refractivity contribution in [1.82, 2.24) is 4.90 Å². The number of carboxylic acid groups (broad SMARTS) is 1. The number of halogens is 1. The summed E-state index contributed by atoms with van der Waals surface area (Å²) in [5, 5.41) is 8.52. The van der Waals surface area contributed by atoms with Crippen LogP contribution in [0.15, 0.2) is 30.3 Å². The van der Waals surface area contributed by atoms with E-state index in [1.807, 2.05) is 30.1 Å². The third-order valence-corrected chi connectivity index (χ3v) is 2.33. The highest BCUT2D eigenvalue weighted by molar-refractivity contribution is 5.85. The van der Waals surface area contributed by atoms with Gasteiger partial charge in [-0.05, 0) is 19.0 Å². The second-order valence-corrected chi connectivity index (χ2v) is 3.68. The molecule has 0 radical (unpaired) electrons. The molecule has 0 fully saturated rings. The first-order chi connectivity index (χ1) is 7.18. The lowest BCUT2D eigenvalue weighted by molar-refractivity contribution is -0.137. The fraction of sp³-hybridized carbons (Fsp3) is 0.417. The Morgan fingerprint density at radius 2 is 1.88 bits per heavy atom. The molecule has 0 spiro atoms. The van der Waals surface area contributed by atoms with Crippen LogP contribution in [0.5, 0.6) is 0 Å². The first-order valence-corrected chi connectivity index (χ1v) is 5.13. The van der Waals surface area contributed by atoms with Gasteiger partial charge in [-0.25, -0.2) is 0 Å². The van der Waals surface area contributed by atoms with Gasteiger partial charge in [0.1, 0.15) is 0 Å². The monoisotopic (exact) mass is 243 g/mol. The second-order valence-electron chi connectivity index (χ2n) is 3.68. The minimum Gasteiger partial charge on any atom is -0.481 e. The van der Waals surface area contributed by atoms with Gasteiger partial charge < -0.3 is 10.0 Å². The van der Waals surface area contributed by atoms with Crippen LogP contribution < -0.4 is 0 Å². The summed E-state index contributed by atoms with van der Waals surface area (Å²) < 4.78 is 0. The van der Waals surface area contributed by atoms with Gasteiger partial charge in [0.05, 0.1) is 6.42 Å². The van der Waals surface area contributed by atoms with E-state index in [0.717, 1.165) is 13.0 Å². The predicted molar refractivity (Wildman–Crippen MR) is 67.1 cm³/mol. The molecule has 0 aliphatic heterocycles. The predicted octanol–water partition coefficient (Wildman–Crippen LogP) is 2.06. The van der Waals surface area contributed by atoms with Gasteiger partial charge in [-0.3, -0.25) is 4.79 Å². The maximum Gasteiger partial charge on any atom is 0.304 e. The van der Waals surface area contributed by atoms with Crippen LogP contribution in [0.4, 0.5) is 0 Å². The summed E-state index contributed by atoms with van der Waals surface area (Å²) in [6, 6.07) is 10.2. The molecule has 0 saturated heterocycles. The van der Waals surface area contributed by atoms with Crippen LogP contribution in [0.25, 0.3) is 0 Å². The van der Waals surface area contributed by atoms with E-state index in [1.165, 1.54) is 5.56 Å². The molecule has 1 aromatic rings. The lowest BCUT2D eigenvalue weighted by atomic mass is 10.1. The van der Waals surface area contributed by atoms with Crippen molar-refractivity contribution in [2.24, 2.45) is 0 Å². The Kier molecular flexibility index (Phi) is 7.60. The van der Waals surface area contributed by atoms with E-state index in [-0.39, 0.29) is 18.8 Å². The molecule has 0 aliphatic rings. The number of benzene rings is 1. The van der Waals surface area contributed by atoms with Crippen LogP contribution in [-0.2, 0) is 11.2 Å². The molecular weight excluding hydrogens is 226 g/mol. The fourth-order valence-corrected chi connectivity index (χ4v) is 1.36. The van der Waals surface area contributed by atoms with Gasteiger partial charge in [-0.15, -0.1) is 12.4 Å². The van der Waals surface area contributed by atoms with Crippen molar-refractivity contribution in [1.29, 1.82) is 0 Å². The quantitative estimate of drug-likeness (QED) is 0.832. The van der Waals surface area contributed by atoms with Crippen molar-refractivity contribution in [3.05, 3.63) is 35.9 Å². The molecule has 1 aromatic carbocycles. The van der Waals surface area contributed by atoms with Crippen LogP contribution in [0.1, 0.15) is 12.0 Å². The van der Waals surface area contributed by atoms with E-state index in [1.54, 1.807) is 0 Å². The lowest BCUT2D eigenvalue weighted by Gasteiger charge is -2.14. The molecule has 90 valence electrons. The first kappa shape index (κ1) is 14.9. The maximum absolute atomic E-state index is 10.4. The Hall–Kier alpha value is -1.06. The van der Waals surface area contributed by atoms with E-state index in [9.17, 15) is 4.79 Å². The Morgan fingerprint density at radius 3 is 2.44 bits per heavy atom. The smallest absolute Gasteiger partial charge is 0.304 e. The molecule has 0 atom stereocenters. The van der Waals surface area contributed by atoms with Crippen molar-refractivity contribution < 1.29 is 9.90 Å². The SMILES string of the molecule is CN(CCC(=O)O)CCc1ccccc1.Cl. The van der Waals surface area contributed by atoms with Crippen molar-refractivity contribution in [3.63, 3.8) is 0 Å². The first-order valence-electron chi connectivity index (χ1n) is 5.13. The van der Waals surface area contributed by atoms with Gasteiger partial charge in [-0.2, -0.15) is 0 Å². The zero-order valence-corrected chi connectivity index (χ0v) is 10.2. The van der Waals surface area contributed by atoms with E-state index >= 15 is 0 Å². The van der Waals surface area contributed by atoms with Gasteiger partial charge in [0.25, 0.3) is 0 Å². The molecule has 0 aromatic heterocycles. The summed E-state index contributed by atoms with van der Waals surface area (Å²) in [5.74, 6) is -0.735. The zero-order chi connectivity index (χ0) is 11.1. The summed E-state index contributed by atoms with van der Waals surface area (Å²) in [5.41, 5.74) is 1.29. The largest absolute Gasteiger partial charge is 0.481 e. The Morgan fingerprint density at radius 1 is 1.25 bits per heavy atom. The highest BCUT2D eigenvalue weighted by atomic mass is 35.5. The average Bonchev–Trinajstić information content (AvgIpc) is 2.25. The van der Waals surface area contributed by atoms with Gasteiger partial charge in [0.2, 0.25) is 0 Å². The molecule has 16 heavy (non-hydrogen) atoms. The number of hydrogen-bond acceptors (Lipinski definition) is 2. The lowest BCUT2D eigenvalue weighted by Crippen LogP contribution is -2.24. The van der Waals surface area contributed by atoms with E-state index in [4.69, 9.17) is 5.11 Å². The van der Waals surface area contributed by atoms with Crippen LogP contribution in [-0.4, -0.2) is 36.1 Å². The minimum absolute atomic E-state index is 0. The Labute approximate surface area is 102 Å². The highest BCUT2D eigenvalue weighted by Crippen LogP contribution is 2.00. The second kappa shape index (κ2) is 8.13. The fourth-order valence-electron chi connectivity index (χ4n) is 1.36. The third-order valence-electron chi connectivity index (χ3n) is 2.33. The van der Waals surface area contributed by atoms with Crippen molar-refractivity contribution in [2.45, 2.75) is 12.8 Å². The molecule has 3 nitrogen and oxygen atoms in total. The molecule has 1 rings (SSSR count). The number of rotatable bonds is 6. The summed E-state index contributed by atoms with van der Waals surface area (Å²) in [4.78, 5) is 12.4. The zero-order valence-electron chi connectivity index (χ0n) is 9.43. The number of carboxylic acids is 1. The van der Waals surface area contributed by atoms with E-state index in [2.05, 4.69) is 12.1 Å². The topological polar surface area (TPSA) is 40.5 Å². The van der Waals surface area contributed by atoms with Crippen molar-refractivity contribution >= 4 is 18.4 Å². The van der Waals surface area contributed by atoms with Crippen LogP contribution in [0.3, 0.4) is 0 Å². The number of likely N-dealkylation sites (N-methyl/N-ethyl adjacent to an activating group) is 1. The van der Waals surface area contributed by atoms with Crippen molar-refractivity contribution in [2.75, 3.05) is 20.1 Å². The maximum atomic E-state index is 10.4. The number of hydrogen-bond donors (Lipinski definition) is 1. The Bertz CT molecular complexity index is 303. The molecule has 0 saturated carbocycles. The molecular formula is C12H18ClNO2. The van der Waals surface area contributed by atoms with Gasteiger partial charge in [0.15, 0.2) is 0 Å². The van der Waals surface area contributed by atoms with Crippen LogP contribution in [0.2, 0.25) is 0 Å². The summed E-state index contributed by atoms with van der Waals surface area (Å²) in [6.07, 6.45) is 1.18. The molecule has 0 amide bonds. The van der Waals surface area contributed by atoms with E-state index in [0.29, 0.717) is 6.54 Å². The summed E-state index contributed by atoms with van der Waals surface area (Å²) >= 11 is 0.